The number of nitrogen functional groups attached to an aromatic ring is 2. The number of hydrogen-bond donors (Lipinski definition) is 2. The molecule has 0 atom stereocenters. The zero-order valence-electron chi connectivity index (χ0n) is 16.4. The standard InChI is InChI=1S/C24H20N2O4S/c25-21-13-11-19(15-23(21)29-17-7-3-1-4-8-17)31(27,28)20-12-14-22(26)24(16-20)30-18-9-5-2-6-10-18/h1-16H,25-26H2. The molecule has 6 nitrogen and oxygen atoms in total. The van der Waals surface area contributed by atoms with Crippen LogP contribution in [0.5, 0.6) is 23.0 Å². The normalized spacial score (nSPS) is 11.1. The molecule has 31 heavy (non-hydrogen) atoms. The zero-order valence-corrected chi connectivity index (χ0v) is 17.3. The average Bonchev–Trinajstić information content (AvgIpc) is 2.78. The minimum absolute atomic E-state index is 0.0445. The van der Waals surface area contributed by atoms with E-state index in [2.05, 4.69) is 0 Å². The Morgan fingerprint density at radius 2 is 0.935 bits per heavy atom. The zero-order chi connectivity index (χ0) is 21.8. The maximum Gasteiger partial charge on any atom is 0.206 e. The maximum atomic E-state index is 13.3. The number of benzene rings is 4. The summed E-state index contributed by atoms with van der Waals surface area (Å²) in [5, 5.41) is 0. The first-order chi connectivity index (χ1) is 14.9. The van der Waals surface area contributed by atoms with Gasteiger partial charge in [-0.25, -0.2) is 8.42 Å². The van der Waals surface area contributed by atoms with Crippen LogP contribution in [-0.2, 0) is 9.84 Å². The Kier molecular flexibility index (Phi) is 5.51. The van der Waals surface area contributed by atoms with Crippen LogP contribution >= 0.6 is 0 Å². The Morgan fingerprint density at radius 3 is 1.32 bits per heavy atom. The maximum absolute atomic E-state index is 13.3. The summed E-state index contributed by atoms with van der Waals surface area (Å²) in [6.45, 7) is 0. The highest BCUT2D eigenvalue weighted by Gasteiger charge is 2.21. The molecule has 0 heterocycles. The second-order valence-electron chi connectivity index (χ2n) is 6.73. The fourth-order valence-electron chi connectivity index (χ4n) is 2.91. The molecule has 4 aromatic rings. The smallest absolute Gasteiger partial charge is 0.206 e. The van der Waals surface area contributed by atoms with E-state index in [4.69, 9.17) is 20.9 Å². The Morgan fingerprint density at radius 1 is 0.548 bits per heavy atom. The lowest BCUT2D eigenvalue weighted by atomic mass is 10.3. The molecule has 0 aliphatic carbocycles. The number of nitrogens with two attached hydrogens (primary N) is 2. The molecule has 156 valence electrons. The summed E-state index contributed by atoms with van der Waals surface area (Å²) in [5.41, 5.74) is 12.6. The molecule has 0 fully saturated rings. The van der Waals surface area contributed by atoms with Crippen molar-refractivity contribution in [3.63, 3.8) is 0 Å². The van der Waals surface area contributed by atoms with Gasteiger partial charge in [0.05, 0.1) is 21.2 Å². The number of anilines is 2. The number of hydrogen-bond acceptors (Lipinski definition) is 6. The van der Waals surface area contributed by atoms with Gasteiger partial charge in [-0.3, -0.25) is 0 Å². The van der Waals surface area contributed by atoms with Crippen molar-refractivity contribution < 1.29 is 17.9 Å². The lowest BCUT2D eigenvalue weighted by molar-refractivity contribution is 0.482. The molecular weight excluding hydrogens is 412 g/mol. The van der Waals surface area contributed by atoms with Crippen LogP contribution in [0.15, 0.2) is 107 Å². The highest BCUT2D eigenvalue weighted by Crippen LogP contribution is 2.35. The van der Waals surface area contributed by atoms with Crippen molar-refractivity contribution in [1.29, 1.82) is 0 Å². The van der Waals surface area contributed by atoms with E-state index < -0.39 is 9.84 Å². The molecule has 0 amide bonds. The van der Waals surface area contributed by atoms with Gasteiger partial charge in [-0.15, -0.1) is 0 Å². The molecule has 0 aromatic heterocycles. The van der Waals surface area contributed by atoms with Gasteiger partial charge in [0.2, 0.25) is 9.84 Å². The SMILES string of the molecule is Nc1ccc(S(=O)(=O)c2ccc(N)c(Oc3ccccc3)c2)cc1Oc1ccccc1. The lowest BCUT2D eigenvalue weighted by Gasteiger charge is -2.13. The summed E-state index contributed by atoms with van der Waals surface area (Å²) < 4.78 is 38.1. The van der Waals surface area contributed by atoms with Gasteiger partial charge in [-0.1, -0.05) is 36.4 Å². The minimum atomic E-state index is -3.87. The van der Waals surface area contributed by atoms with Crippen LogP contribution in [0.2, 0.25) is 0 Å². The van der Waals surface area contributed by atoms with E-state index in [0.29, 0.717) is 22.9 Å². The molecule has 0 saturated carbocycles. The minimum Gasteiger partial charge on any atom is -0.455 e. The Bertz CT molecular complexity index is 1210. The quantitative estimate of drug-likeness (QED) is 0.402. The average molecular weight is 433 g/mol. The van der Waals surface area contributed by atoms with Crippen molar-refractivity contribution in [3.8, 4) is 23.0 Å². The third kappa shape index (κ3) is 4.46. The first kappa shape index (κ1) is 20.3. The van der Waals surface area contributed by atoms with Crippen molar-refractivity contribution in [3.05, 3.63) is 97.1 Å². The molecule has 0 unspecified atom stereocenters. The fraction of sp³-hybridized carbons (Fsp3) is 0. The lowest BCUT2D eigenvalue weighted by Crippen LogP contribution is -2.04. The van der Waals surface area contributed by atoms with Crippen molar-refractivity contribution in [2.45, 2.75) is 9.79 Å². The van der Waals surface area contributed by atoms with Crippen LogP contribution < -0.4 is 20.9 Å². The fourth-order valence-corrected chi connectivity index (χ4v) is 4.20. The van der Waals surface area contributed by atoms with Crippen LogP contribution in [0, 0.1) is 0 Å². The molecule has 0 spiro atoms. The van der Waals surface area contributed by atoms with E-state index in [0.717, 1.165) is 0 Å². The summed E-state index contributed by atoms with van der Waals surface area (Å²) in [7, 11) is -3.87. The molecule has 7 heteroatoms. The van der Waals surface area contributed by atoms with Crippen LogP contribution in [0.25, 0.3) is 0 Å². The third-order valence-corrected chi connectivity index (χ3v) is 6.28. The molecule has 0 radical (unpaired) electrons. The number of sulfone groups is 1. The molecule has 0 saturated heterocycles. The van der Waals surface area contributed by atoms with E-state index >= 15 is 0 Å². The van der Waals surface area contributed by atoms with E-state index in [-0.39, 0.29) is 21.3 Å². The summed E-state index contributed by atoms with van der Waals surface area (Å²) >= 11 is 0. The van der Waals surface area contributed by atoms with E-state index in [9.17, 15) is 8.42 Å². The first-order valence-corrected chi connectivity index (χ1v) is 10.9. The van der Waals surface area contributed by atoms with E-state index in [1.165, 1.54) is 36.4 Å². The van der Waals surface area contributed by atoms with Crippen molar-refractivity contribution in [2.75, 3.05) is 11.5 Å². The van der Waals surface area contributed by atoms with Gasteiger partial charge in [-0.2, -0.15) is 0 Å². The first-order valence-electron chi connectivity index (χ1n) is 9.43. The van der Waals surface area contributed by atoms with Crippen molar-refractivity contribution in [1.82, 2.24) is 0 Å². The summed E-state index contributed by atoms with van der Waals surface area (Å²) in [6.07, 6.45) is 0. The third-order valence-electron chi connectivity index (χ3n) is 4.53. The summed E-state index contributed by atoms with van der Waals surface area (Å²) in [6, 6.07) is 26.7. The molecule has 0 aliphatic heterocycles. The Labute approximate surface area is 180 Å². The highest BCUT2D eigenvalue weighted by atomic mass is 32.2. The van der Waals surface area contributed by atoms with Gasteiger partial charge in [0, 0.05) is 12.1 Å². The second kappa shape index (κ2) is 8.41. The predicted octanol–water partition coefficient (Wildman–Crippen LogP) is 5.27. The van der Waals surface area contributed by atoms with Gasteiger partial charge in [-0.05, 0) is 48.5 Å². The Hall–Kier alpha value is -3.97. The van der Waals surface area contributed by atoms with Crippen LogP contribution in [0.3, 0.4) is 0 Å². The number of rotatable bonds is 6. The number of ether oxygens (including phenoxy) is 2. The van der Waals surface area contributed by atoms with E-state index in [1.54, 1.807) is 24.3 Å². The topological polar surface area (TPSA) is 105 Å². The number of para-hydroxylation sites is 2. The van der Waals surface area contributed by atoms with Gasteiger partial charge in [0.1, 0.15) is 11.5 Å². The Balaban J connectivity index is 1.68. The monoisotopic (exact) mass is 432 g/mol. The molecule has 0 bridgehead atoms. The van der Waals surface area contributed by atoms with Gasteiger partial charge < -0.3 is 20.9 Å². The van der Waals surface area contributed by atoms with Gasteiger partial charge in [0.25, 0.3) is 0 Å². The van der Waals surface area contributed by atoms with Crippen LogP contribution in [-0.4, -0.2) is 8.42 Å². The van der Waals surface area contributed by atoms with Crippen LogP contribution in [0.1, 0.15) is 0 Å². The molecular formula is C24H20N2O4S. The van der Waals surface area contributed by atoms with E-state index in [1.807, 2.05) is 36.4 Å². The second-order valence-corrected chi connectivity index (χ2v) is 8.68. The van der Waals surface area contributed by atoms with Crippen molar-refractivity contribution >= 4 is 21.2 Å². The van der Waals surface area contributed by atoms with Gasteiger partial charge >= 0.3 is 0 Å². The van der Waals surface area contributed by atoms with Gasteiger partial charge in [0.15, 0.2) is 11.5 Å². The van der Waals surface area contributed by atoms with Crippen LogP contribution in [0.4, 0.5) is 11.4 Å². The molecule has 4 N–H and O–H groups in total. The predicted molar refractivity (Wildman–Crippen MR) is 120 cm³/mol. The molecule has 4 aromatic carbocycles. The molecule has 0 aliphatic rings. The molecule has 4 rings (SSSR count). The highest BCUT2D eigenvalue weighted by molar-refractivity contribution is 7.91. The summed E-state index contributed by atoms with van der Waals surface area (Å²) in [4.78, 5) is 0.0890. The summed E-state index contributed by atoms with van der Waals surface area (Å²) in [5.74, 6) is 1.61. The van der Waals surface area contributed by atoms with Crippen molar-refractivity contribution in [2.24, 2.45) is 0 Å². The largest absolute Gasteiger partial charge is 0.455 e.